The maximum atomic E-state index is 12.7. The molecule has 160 valence electrons. The molecule has 0 saturated heterocycles. The molecule has 1 amide bonds. The Balaban J connectivity index is 1.65. The van der Waals surface area contributed by atoms with Crippen molar-refractivity contribution in [2.24, 2.45) is 0 Å². The van der Waals surface area contributed by atoms with Gasteiger partial charge in [-0.3, -0.25) is 4.79 Å². The highest BCUT2D eigenvalue weighted by Gasteiger charge is 2.23. The van der Waals surface area contributed by atoms with E-state index < -0.39 is 12.0 Å². The second kappa shape index (κ2) is 11.1. The lowest BCUT2D eigenvalue weighted by Crippen LogP contribution is -2.43. The van der Waals surface area contributed by atoms with Gasteiger partial charge < -0.3 is 14.8 Å². The Morgan fingerprint density at radius 3 is 2.16 bits per heavy atom. The fourth-order valence-electron chi connectivity index (χ4n) is 2.96. The van der Waals surface area contributed by atoms with Gasteiger partial charge in [-0.2, -0.15) is 0 Å². The van der Waals surface area contributed by atoms with Crippen molar-refractivity contribution >= 4 is 43.7 Å². The molecule has 0 bridgehead atoms. The van der Waals surface area contributed by atoms with E-state index in [2.05, 4.69) is 37.2 Å². The predicted molar refractivity (Wildman–Crippen MR) is 126 cm³/mol. The Morgan fingerprint density at radius 1 is 0.903 bits per heavy atom. The third kappa shape index (κ3) is 6.94. The SMILES string of the molecule is COC(=O)[C@@H](Cc1ccc(OCc2ccccc2)cc1)NC(=O)c1cc(Br)cc(Br)c1. The van der Waals surface area contributed by atoms with Crippen molar-refractivity contribution in [1.82, 2.24) is 5.32 Å². The molecular weight excluding hydrogens is 526 g/mol. The predicted octanol–water partition coefficient (Wildman–Crippen LogP) is 5.30. The van der Waals surface area contributed by atoms with Gasteiger partial charge in [0.25, 0.3) is 5.91 Å². The van der Waals surface area contributed by atoms with Gasteiger partial charge in [-0.1, -0.05) is 74.3 Å². The van der Waals surface area contributed by atoms with Crippen molar-refractivity contribution < 1.29 is 19.1 Å². The number of carbonyl (C=O) groups is 2. The summed E-state index contributed by atoms with van der Waals surface area (Å²) in [5.41, 5.74) is 2.39. The van der Waals surface area contributed by atoms with E-state index in [1.807, 2.05) is 60.7 Å². The second-order valence-electron chi connectivity index (χ2n) is 6.83. The van der Waals surface area contributed by atoms with Gasteiger partial charge in [-0.05, 0) is 41.5 Å². The van der Waals surface area contributed by atoms with Crippen molar-refractivity contribution in [1.29, 1.82) is 0 Å². The van der Waals surface area contributed by atoms with Crippen LogP contribution in [0.4, 0.5) is 0 Å². The van der Waals surface area contributed by atoms with Gasteiger partial charge in [-0.25, -0.2) is 4.79 Å². The minimum atomic E-state index is -0.814. The molecule has 7 heteroatoms. The third-order valence-corrected chi connectivity index (χ3v) is 5.44. The minimum absolute atomic E-state index is 0.298. The zero-order valence-corrected chi connectivity index (χ0v) is 20.0. The van der Waals surface area contributed by atoms with Crippen molar-refractivity contribution in [2.45, 2.75) is 19.1 Å². The molecule has 3 rings (SSSR count). The van der Waals surface area contributed by atoms with Crippen LogP contribution in [0.25, 0.3) is 0 Å². The first kappa shape index (κ1) is 23.0. The highest BCUT2D eigenvalue weighted by molar-refractivity contribution is 9.11. The summed E-state index contributed by atoms with van der Waals surface area (Å²) in [5.74, 6) is -0.141. The molecule has 0 saturated carbocycles. The van der Waals surface area contributed by atoms with Crippen LogP contribution in [0.1, 0.15) is 21.5 Å². The van der Waals surface area contributed by atoms with E-state index in [4.69, 9.17) is 9.47 Å². The summed E-state index contributed by atoms with van der Waals surface area (Å²) in [6.45, 7) is 0.475. The monoisotopic (exact) mass is 545 g/mol. The number of benzene rings is 3. The van der Waals surface area contributed by atoms with E-state index in [1.54, 1.807) is 12.1 Å². The number of rotatable bonds is 8. The van der Waals surface area contributed by atoms with Gasteiger partial charge in [-0.15, -0.1) is 0 Å². The molecule has 0 heterocycles. The van der Waals surface area contributed by atoms with Gasteiger partial charge in [0.05, 0.1) is 7.11 Å². The molecule has 1 N–H and O–H groups in total. The normalized spacial score (nSPS) is 11.5. The summed E-state index contributed by atoms with van der Waals surface area (Å²) in [6, 6.07) is 21.7. The maximum Gasteiger partial charge on any atom is 0.328 e. The fraction of sp³-hybridized carbons (Fsp3) is 0.167. The van der Waals surface area contributed by atoms with Crippen LogP contribution in [0.5, 0.6) is 5.75 Å². The lowest BCUT2D eigenvalue weighted by molar-refractivity contribution is -0.142. The van der Waals surface area contributed by atoms with Crippen molar-refractivity contribution in [3.63, 3.8) is 0 Å². The molecule has 31 heavy (non-hydrogen) atoms. The van der Waals surface area contributed by atoms with E-state index in [0.717, 1.165) is 25.8 Å². The minimum Gasteiger partial charge on any atom is -0.489 e. The Bertz CT molecular complexity index is 1020. The number of hydrogen-bond acceptors (Lipinski definition) is 4. The first-order valence-electron chi connectivity index (χ1n) is 9.55. The fourth-order valence-corrected chi connectivity index (χ4v) is 4.25. The van der Waals surface area contributed by atoms with Crippen LogP contribution < -0.4 is 10.1 Å². The molecule has 5 nitrogen and oxygen atoms in total. The standard InChI is InChI=1S/C24H21Br2NO4/c1-30-24(29)22(27-23(28)18-12-19(25)14-20(26)13-18)11-16-7-9-21(10-8-16)31-15-17-5-3-2-4-6-17/h2-10,12-14,22H,11,15H2,1H3,(H,27,28)/t22-/m1/s1. The molecule has 0 aliphatic carbocycles. The average molecular weight is 547 g/mol. The zero-order valence-electron chi connectivity index (χ0n) is 16.8. The molecular formula is C24H21Br2NO4. The summed E-state index contributed by atoms with van der Waals surface area (Å²) in [5, 5.41) is 2.76. The van der Waals surface area contributed by atoms with E-state index in [0.29, 0.717) is 18.6 Å². The molecule has 0 spiro atoms. The lowest BCUT2D eigenvalue weighted by atomic mass is 10.0. The van der Waals surface area contributed by atoms with Crippen LogP contribution in [0.2, 0.25) is 0 Å². The Morgan fingerprint density at radius 2 is 1.55 bits per heavy atom. The molecule has 0 unspecified atom stereocenters. The van der Waals surface area contributed by atoms with Crippen LogP contribution in [-0.4, -0.2) is 25.0 Å². The summed E-state index contributed by atoms with van der Waals surface area (Å²) in [7, 11) is 1.30. The van der Waals surface area contributed by atoms with E-state index in [-0.39, 0.29) is 5.91 Å². The molecule has 0 radical (unpaired) electrons. The number of hydrogen-bond donors (Lipinski definition) is 1. The quantitative estimate of drug-likeness (QED) is 0.389. The number of carbonyl (C=O) groups excluding carboxylic acids is 2. The average Bonchev–Trinajstić information content (AvgIpc) is 2.77. The van der Waals surface area contributed by atoms with Crippen molar-refractivity contribution in [3.05, 3.63) is 98.4 Å². The highest BCUT2D eigenvalue weighted by Crippen LogP contribution is 2.20. The number of halogens is 2. The molecule has 0 fully saturated rings. The summed E-state index contributed by atoms with van der Waals surface area (Å²) >= 11 is 6.73. The highest BCUT2D eigenvalue weighted by atomic mass is 79.9. The van der Waals surface area contributed by atoms with Crippen molar-refractivity contribution in [3.8, 4) is 5.75 Å². The van der Waals surface area contributed by atoms with Crippen molar-refractivity contribution in [2.75, 3.05) is 7.11 Å². The summed E-state index contributed by atoms with van der Waals surface area (Å²) in [6.07, 6.45) is 0.298. The Hall–Kier alpha value is -2.64. The van der Waals surface area contributed by atoms with Crippen LogP contribution in [0.15, 0.2) is 81.7 Å². The molecule has 0 aliphatic rings. The number of nitrogens with one attached hydrogen (secondary N) is 1. The number of methoxy groups -OCH3 is 1. The lowest BCUT2D eigenvalue weighted by Gasteiger charge is -2.17. The van der Waals surface area contributed by atoms with Crippen LogP contribution in [0.3, 0.4) is 0 Å². The Kier molecular flexibility index (Phi) is 8.26. The van der Waals surface area contributed by atoms with Crippen LogP contribution in [0, 0.1) is 0 Å². The van der Waals surface area contributed by atoms with Gasteiger partial charge in [0.1, 0.15) is 18.4 Å². The topological polar surface area (TPSA) is 64.6 Å². The number of esters is 1. The van der Waals surface area contributed by atoms with Gasteiger partial charge in [0.15, 0.2) is 0 Å². The molecule has 3 aromatic rings. The molecule has 1 atom stereocenters. The van der Waals surface area contributed by atoms with Crippen LogP contribution >= 0.6 is 31.9 Å². The van der Waals surface area contributed by atoms with Gasteiger partial charge >= 0.3 is 5.97 Å². The zero-order chi connectivity index (χ0) is 22.2. The first-order chi connectivity index (χ1) is 14.9. The smallest absolute Gasteiger partial charge is 0.328 e. The van der Waals surface area contributed by atoms with Crippen LogP contribution in [-0.2, 0) is 22.6 Å². The van der Waals surface area contributed by atoms with E-state index >= 15 is 0 Å². The Labute approximate surface area is 198 Å². The molecule has 3 aromatic carbocycles. The number of amides is 1. The first-order valence-corrected chi connectivity index (χ1v) is 11.1. The largest absolute Gasteiger partial charge is 0.489 e. The number of ether oxygens (including phenoxy) is 2. The summed E-state index contributed by atoms with van der Waals surface area (Å²) in [4.78, 5) is 24.9. The van der Waals surface area contributed by atoms with E-state index in [9.17, 15) is 9.59 Å². The second-order valence-corrected chi connectivity index (χ2v) is 8.66. The molecule has 0 aliphatic heterocycles. The molecule has 0 aromatic heterocycles. The third-order valence-electron chi connectivity index (χ3n) is 4.53. The maximum absolute atomic E-state index is 12.7. The van der Waals surface area contributed by atoms with E-state index in [1.165, 1.54) is 7.11 Å². The van der Waals surface area contributed by atoms with Gasteiger partial charge in [0, 0.05) is 20.9 Å². The summed E-state index contributed by atoms with van der Waals surface area (Å²) < 4.78 is 12.2. The van der Waals surface area contributed by atoms with Gasteiger partial charge in [0.2, 0.25) is 0 Å².